The second-order valence-electron chi connectivity index (χ2n) is 3.68. The molecule has 1 fully saturated rings. The molecule has 2 rings (SSSR count). The van der Waals surface area contributed by atoms with Gasteiger partial charge in [0.15, 0.2) is 0 Å². The maximum atomic E-state index is 12.0. The smallest absolute Gasteiger partial charge is 0.406 e. The van der Waals surface area contributed by atoms with E-state index in [-0.39, 0.29) is 11.7 Å². The second-order valence-corrected chi connectivity index (χ2v) is 3.68. The van der Waals surface area contributed by atoms with E-state index in [0.717, 1.165) is 18.9 Å². The van der Waals surface area contributed by atoms with Gasteiger partial charge in [-0.3, -0.25) is 0 Å². The SMILES string of the molecule is N#Cc1ccc(OC(F)(F)F)cc1C1CC1. The molecule has 84 valence electrons. The molecular formula is C11H8F3NO. The van der Waals surface area contributed by atoms with E-state index < -0.39 is 6.36 Å². The summed E-state index contributed by atoms with van der Waals surface area (Å²) in [4.78, 5) is 0. The largest absolute Gasteiger partial charge is 0.573 e. The Hall–Kier alpha value is -1.70. The summed E-state index contributed by atoms with van der Waals surface area (Å²) in [5.41, 5.74) is 1.08. The van der Waals surface area contributed by atoms with Gasteiger partial charge in [0, 0.05) is 0 Å². The standard InChI is InChI=1S/C11H8F3NO/c12-11(13,14)16-9-4-3-8(6-15)10(5-9)7-1-2-7/h3-5,7H,1-2H2. The molecular weight excluding hydrogens is 219 g/mol. The molecule has 1 aliphatic rings. The molecule has 5 heteroatoms. The maximum Gasteiger partial charge on any atom is 0.573 e. The van der Waals surface area contributed by atoms with Crippen molar-refractivity contribution in [1.82, 2.24) is 0 Å². The Morgan fingerprint density at radius 1 is 1.31 bits per heavy atom. The van der Waals surface area contributed by atoms with Crippen molar-refractivity contribution < 1.29 is 17.9 Å². The van der Waals surface area contributed by atoms with Gasteiger partial charge in [0.05, 0.1) is 11.6 Å². The molecule has 0 bridgehead atoms. The third-order valence-corrected chi connectivity index (χ3v) is 2.39. The third-order valence-electron chi connectivity index (χ3n) is 2.39. The number of rotatable bonds is 2. The highest BCUT2D eigenvalue weighted by Gasteiger charge is 2.32. The Kier molecular flexibility index (Phi) is 2.50. The highest BCUT2D eigenvalue weighted by Crippen LogP contribution is 2.43. The summed E-state index contributed by atoms with van der Waals surface area (Å²) < 4.78 is 39.8. The zero-order chi connectivity index (χ0) is 11.8. The van der Waals surface area contributed by atoms with Crippen molar-refractivity contribution in [1.29, 1.82) is 5.26 Å². The van der Waals surface area contributed by atoms with Crippen molar-refractivity contribution in [2.75, 3.05) is 0 Å². The normalized spacial score (nSPS) is 15.6. The lowest BCUT2D eigenvalue weighted by Gasteiger charge is -2.10. The van der Waals surface area contributed by atoms with E-state index in [1.807, 2.05) is 6.07 Å². The predicted molar refractivity (Wildman–Crippen MR) is 49.8 cm³/mol. The molecule has 1 aliphatic carbocycles. The maximum absolute atomic E-state index is 12.0. The van der Waals surface area contributed by atoms with E-state index in [0.29, 0.717) is 11.1 Å². The molecule has 0 saturated heterocycles. The van der Waals surface area contributed by atoms with Crippen molar-refractivity contribution in [2.24, 2.45) is 0 Å². The van der Waals surface area contributed by atoms with Crippen molar-refractivity contribution in [2.45, 2.75) is 25.1 Å². The van der Waals surface area contributed by atoms with Crippen LogP contribution in [-0.4, -0.2) is 6.36 Å². The zero-order valence-electron chi connectivity index (χ0n) is 8.21. The average molecular weight is 227 g/mol. The van der Waals surface area contributed by atoms with E-state index in [4.69, 9.17) is 5.26 Å². The first-order valence-electron chi connectivity index (χ1n) is 4.79. The minimum absolute atomic E-state index is 0.214. The van der Waals surface area contributed by atoms with Gasteiger partial charge < -0.3 is 4.74 Å². The molecule has 1 aromatic carbocycles. The molecule has 0 aliphatic heterocycles. The van der Waals surface area contributed by atoms with Crippen LogP contribution in [0.3, 0.4) is 0 Å². The van der Waals surface area contributed by atoms with Gasteiger partial charge in [0.2, 0.25) is 0 Å². The van der Waals surface area contributed by atoms with Crippen LogP contribution in [0.4, 0.5) is 13.2 Å². The van der Waals surface area contributed by atoms with Gasteiger partial charge in [-0.15, -0.1) is 13.2 Å². The van der Waals surface area contributed by atoms with E-state index in [1.54, 1.807) is 0 Å². The Balaban J connectivity index is 2.29. The lowest BCUT2D eigenvalue weighted by atomic mass is 10.0. The van der Waals surface area contributed by atoms with Gasteiger partial charge in [-0.25, -0.2) is 0 Å². The number of nitrogens with zero attached hydrogens (tertiary/aromatic N) is 1. The number of alkyl halides is 3. The zero-order valence-corrected chi connectivity index (χ0v) is 8.21. The highest BCUT2D eigenvalue weighted by atomic mass is 19.4. The molecule has 1 aromatic rings. The van der Waals surface area contributed by atoms with Crippen LogP contribution >= 0.6 is 0 Å². The van der Waals surface area contributed by atoms with E-state index in [9.17, 15) is 13.2 Å². The van der Waals surface area contributed by atoms with Gasteiger partial charge in [-0.2, -0.15) is 5.26 Å². The van der Waals surface area contributed by atoms with Crippen LogP contribution in [0, 0.1) is 11.3 Å². The van der Waals surface area contributed by atoms with Gasteiger partial charge in [0.25, 0.3) is 0 Å². The first-order valence-corrected chi connectivity index (χ1v) is 4.79. The minimum Gasteiger partial charge on any atom is -0.406 e. The van der Waals surface area contributed by atoms with Crippen LogP contribution < -0.4 is 4.74 Å². The van der Waals surface area contributed by atoms with Gasteiger partial charge in [0.1, 0.15) is 5.75 Å². The van der Waals surface area contributed by atoms with Crippen LogP contribution in [0.2, 0.25) is 0 Å². The van der Waals surface area contributed by atoms with Crippen molar-refractivity contribution in [3.63, 3.8) is 0 Å². The van der Waals surface area contributed by atoms with Crippen LogP contribution in [0.15, 0.2) is 18.2 Å². The number of hydrogen-bond donors (Lipinski definition) is 0. The molecule has 0 amide bonds. The fourth-order valence-electron chi connectivity index (χ4n) is 1.57. The van der Waals surface area contributed by atoms with Crippen LogP contribution in [0.1, 0.15) is 29.9 Å². The van der Waals surface area contributed by atoms with Gasteiger partial charge in [-0.05, 0) is 42.5 Å². The van der Waals surface area contributed by atoms with Crippen LogP contribution in [-0.2, 0) is 0 Å². The topological polar surface area (TPSA) is 33.0 Å². The molecule has 0 heterocycles. The summed E-state index contributed by atoms with van der Waals surface area (Å²) in [5, 5.41) is 8.81. The summed E-state index contributed by atoms with van der Waals surface area (Å²) in [6.07, 6.45) is -2.84. The molecule has 16 heavy (non-hydrogen) atoms. The van der Waals surface area contributed by atoms with Gasteiger partial charge >= 0.3 is 6.36 Å². The predicted octanol–water partition coefficient (Wildman–Crippen LogP) is 3.33. The Bertz CT molecular complexity index is 444. The summed E-state index contributed by atoms with van der Waals surface area (Å²) in [7, 11) is 0. The number of hydrogen-bond acceptors (Lipinski definition) is 2. The molecule has 0 unspecified atom stereocenters. The highest BCUT2D eigenvalue weighted by molar-refractivity contribution is 5.46. The molecule has 0 spiro atoms. The van der Waals surface area contributed by atoms with E-state index in [2.05, 4.69) is 4.74 Å². The van der Waals surface area contributed by atoms with Crippen molar-refractivity contribution in [3.8, 4) is 11.8 Å². The summed E-state index contributed by atoms with van der Waals surface area (Å²) in [5.74, 6) is -0.0418. The number of benzene rings is 1. The monoisotopic (exact) mass is 227 g/mol. The first-order chi connectivity index (χ1) is 7.49. The van der Waals surface area contributed by atoms with E-state index >= 15 is 0 Å². The van der Waals surface area contributed by atoms with Crippen molar-refractivity contribution >= 4 is 0 Å². The average Bonchev–Trinajstić information content (AvgIpc) is 2.98. The third kappa shape index (κ3) is 2.45. The fraction of sp³-hybridized carbons (Fsp3) is 0.364. The molecule has 0 N–H and O–H groups in total. The summed E-state index contributed by atoms with van der Waals surface area (Å²) >= 11 is 0. The number of halogens is 3. The Morgan fingerprint density at radius 3 is 2.50 bits per heavy atom. The lowest BCUT2D eigenvalue weighted by molar-refractivity contribution is -0.274. The summed E-state index contributed by atoms with van der Waals surface area (Å²) in [6.45, 7) is 0. The van der Waals surface area contributed by atoms with Gasteiger partial charge in [-0.1, -0.05) is 0 Å². The first kappa shape index (κ1) is 10.8. The van der Waals surface area contributed by atoms with Crippen LogP contribution in [0.25, 0.3) is 0 Å². The van der Waals surface area contributed by atoms with Crippen molar-refractivity contribution in [3.05, 3.63) is 29.3 Å². The second kappa shape index (κ2) is 3.71. The van der Waals surface area contributed by atoms with E-state index in [1.165, 1.54) is 12.1 Å². The molecule has 0 aromatic heterocycles. The summed E-state index contributed by atoms with van der Waals surface area (Å²) in [6, 6.07) is 5.81. The lowest BCUT2D eigenvalue weighted by Crippen LogP contribution is -2.17. The molecule has 2 nitrogen and oxygen atoms in total. The number of ether oxygens (including phenoxy) is 1. The Morgan fingerprint density at radius 2 is 2.00 bits per heavy atom. The Labute approximate surface area is 90.3 Å². The molecule has 1 saturated carbocycles. The minimum atomic E-state index is -4.69. The molecule has 0 atom stereocenters. The quantitative estimate of drug-likeness (QED) is 0.776. The molecule has 0 radical (unpaired) electrons. The number of nitriles is 1. The fourth-order valence-corrected chi connectivity index (χ4v) is 1.57. The van der Waals surface area contributed by atoms with Crippen LogP contribution in [0.5, 0.6) is 5.75 Å².